The van der Waals surface area contributed by atoms with Crippen molar-refractivity contribution in [3.8, 4) is 0 Å². The second kappa shape index (κ2) is 8.03. The Bertz CT molecular complexity index is 375. The average molecular weight is 325 g/mol. The molecule has 1 aromatic rings. The van der Waals surface area contributed by atoms with Crippen molar-refractivity contribution < 1.29 is 0 Å². The summed E-state index contributed by atoms with van der Waals surface area (Å²) in [6.45, 7) is 4.44. The second-order valence-electron chi connectivity index (χ2n) is 5.72. The molecular weight excluding hydrogens is 300 g/mol. The largest absolute Gasteiger partial charge is 0.315 e. The van der Waals surface area contributed by atoms with Gasteiger partial charge in [-0.25, -0.2) is 0 Å². The lowest BCUT2D eigenvalue weighted by molar-refractivity contribution is 0.319. The molecule has 0 spiro atoms. The summed E-state index contributed by atoms with van der Waals surface area (Å²) in [4.78, 5) is 2.38. The summed E-state index contributed by atoms with van der Waals surface area (Å²) >= 11 is 3.52. The smallest absolute Gasteiger partial charge is 0.0231 e. The van der Waals surface area contributed by atoms with Crippen LogP contribution >= 0.6 is 15.9 Å². The molecule has 1 N–H and O–H groups in total. The van der Waals surface area contributed by atoms with E-state index in [1.807, 2.05) is 0 Å². The highest BCUT2D eigenvalue weighted by Crippen LogP contribution is 2.23. The molecule has 0 saturated heterocycles. The number of halogens is 1. The number of hydrogen-bond acceptors (Lipinski definition) is 2. The minimum atomic E-state index is 0.940. The topological polar surface area (TPSA) is 15.3 Å². The lowest BCUT2D eigenvalue weighted by atomic mass is 10.1. The molecule has 0 bridgehead atoms. The molecule has 1 aliphatic rings. The van der Waals surface area contributed by atoms with Crippen LogP contribution in [0.5, 0.6) is 0 Å². The molecule has 0 unspecified atom stereocenters. The van der Waals surface area contributed by atoms with Crippen LogP contribution in [0.4, 0.5) is 0 Å². The summed E-state index contributed by atoms with van der Waals surface area (Å²) in [5.74, 6) is 0.940. The van der Waals surface area contributed by atoms with Gasteiger partial charge >= 0.3 is 0 Å². The summed E-state index contributed by atoms with van der Waals surface area (Å²) in [5.41, 5.74) is 1.37. The van der Waals surface area contributed by atoms with Gasteiger partial charge in [-0.2, -0.15) is 0 Å². The Morgan fingerprint density at radius 1 is 1.32 bits per heavy atom. The Morgan fingerprint density at radius 2 is 2.11 bits per heavy atom. The maximum Gasteiger partial charge on any atom is 0.0231 e. The average Bonchev–Trinajstić information content (AvgIpc) is 2.88. The molecular formula is C16H25BrN2. The van der Waals surface area contributed by atoms with Gasteiger partial charge in [0.25, 0.3) is 0 Å². The van der Waals surface area contributed by atoms with Gasteiger partial charge < -0.3 is 10.2 Å². The van der Waals surface area contributed by atoms with Crippen LogP contribution in [0.15, 0.2) is 28.7 Å². The van der Waals surface area contributed by atoms with Gasteiger partial charge in [0.05, 0.1) is 0 Å². The van der Waals surface area contributed by atoms with Gasteiger partial charge in [-0.05, 0) is 50.0 Å². The Labute approximate surface area is 125 Å². The van der Waals surface area contributed by atoms with Gasteiger partial charge in [-0.15, -0.1) is 0 Å². The van der Waals surface area contributed by atoms with Gasteiger partial charge in [0.15, 0.2) is 0 Å². The van der Waals surface area contributed by atoms with Crippen molar-refractivity contribution in [2.24, 2.45) is 5.92 Å². The summed E-state index contributed by atoms with van der Waals surface area (Å²) < 4.78 is 1.16. The Hall–Kier alpha value is -0.380. The second-order valence-corrected chi connectivity index (χ2v) is 6.64. The number of hydrogen-bond donors (Lipinski definition) is 1. The molecule has 2 rings (SSSR count). The predicted molar refractivity (Wildman–Crippen MR) is 85.3 cm³/mol. The molecule has 19 heavy (non-hydrogen) atoms. The summed E-state index contributed by atoms with van der Waals surface area (Å²) in [7, 11) is 2.19. The third kappa shape index (κ3) is 5.64. The Kier molecular flexibility index (Phi) is 6.35. The maximum atomic E-state index is 3.60. The van der Waals surface area contributed by atoms with E-state index >= 15 is 0 Å². The molecule has 0 aromatic heterocycles. The molecule has 2 nitrogen and oxygen atoms in total. The molecule has 0 heterocycles. The molecule has 0 aliphatic heterocycles. The number of nitrogens with zero attached hydrogens (tertiary/aromatic N) is 1. The first-order valence-corrected chi connectivity index (χ1v) is 8.17. The zero-order valence-electron chi connectivity index (χ0n) is 11.9. The summed E-state index contributed by atoms with van der Waals surface area (Å²) in [6, 6.07) is 8.56. The quantitative estimate of drug-likeness (QED) is 0.770. The number of nitrogens with one attached hydrogen (secondary N) is 1. The van der Waals surface area contributed by atoms with Gasteiger partial charge in [0.1, 0.15) is 0 Å². The predicted octanol–water partition coefficient (Wildman–Crippen LogP) is 3.66. The fourth-order valence-corrected chi connectivity index (χ4v) is 3.26. The van der Waals surface area contributed by atoms with E-state index in [-0.39, 0.29) is 0 Å². The first kappa shape index (κ1) is 15.0. The summed E-state index contributed by atoms with van der Waals surface area (Å²) in [6.07, 6.45) is 5.74. The molecule has 1 saturated carbocycles. The fraction of sp³-hybridized carbons (Fsp3) is 0.625. The minimum absolute atomic E-state index is 0.940. The van der Waals surface area contributed by atoms with Crippen molar-refractivity contribution in [3.05, 3.63) is 34.3 Å². The van der Waals surface area contributed by atoms with Crippen molar-refractivity contribution in [1.82, 2.24) is 10.2 Å². The molecule has 0 atom stereocenters. The molecule has 3 heteroatoms. The normalized spacial score (nSPS) is 16.4. The van der Waals surface area contributed by atoms with E-state index in [4.69, 9.17) is 0 Å². The van der Waals surface area contributed by atoms with Crippen LogP contribution in [0.1, 0.15) is 31.2 Å². The van der Waals surface area contributed by atoms with Gasteiger partial charge in [0, 0.05) is 24.1 Å². The van der Waals surface area contributed by atoms with E-state index in [2.05, 4.69) is 57.5 Å². The van der Waals surface area contributed by atoms with Crippen LogP contribution in [0, 0.1) is 5.92 Å². The monoisotopic (exact) mass is 324 g/mol. The third-order valence-corrected chi connectivity index (χ3v) is 4.41. The highest BCUT2D eigenvalue weighted by Gasteiger charge is 2.13. The van der Waals surface area contributed by atoms with E-state index in [9.17, 15) is 0 Å². The maximum absolute atomic E-state index is 3.60. The van der Waals surface area contributed by atoms with Crippen molar-refractivity contribution in [2.75, 3.05) is 26.7 Å². The van der Waals surface area contributed by atoms with Crippen LogP contribution in [0.3, 0.4) is 0 Å². The Morgan fingerprint density at radius 3 is 2.84 bits per heavy atom. The molecule has 1 aromatic carbocycles. The SMILES string of the molecule is CN(CCNCC1CCCC1)Cc1cccc(Br)c1. The highest BCUT2D eigenvalue weighted by atomic mass is 79.9. The van der Waals surface area contributed by atoms with E-state index in [1.54, 1.807) is 0 Å². The van der Waals surface area contributed by atoms with Crippen LogP contribution < -0.4 is 5.32 Å². The highest BCUT2D eigenvalue weighted by molar-refractivity contribution is 9.10. The van der Waals surface area contributed by atoms with Crippen LogP contribution in [0.25, 0.3) is 0 Å². The van der Waals surface area contributed by atoms with Crippen LogP contribution in [-0.2, 0) is 6.54 Å². The van der Waals surface area contributed by atoms with E-state index in [0.29, 0.717) is 0 Å². The standard InChI is InChI=1S/C16H25BrN2/c1-19(13-15-7-4-8-16(17)11-15)10-9-18-12-14-5-2-3-6-14/h4,7-8,11,14,18H,2-3,5-6,9-10,12-13H2,1H3. The molecule has 106 valence electrons. The Balaban J connectivity index is 1.60. The van der Waals surface area contributed by atoms with E-state index in [0.717, 1.165) is 30.0 Å². The fourth-order valence-electron chi connectivity index (χ4n) is 2.82. The third-order valence-electron chi connectivity index (χ3n) is 3.92. The van der Waals surface area contributed by atoms with Gasteiger partial charge in [0.2, 0.25) is 0 Å². The van der Waals surface area contributed by atoms with Crippen LogP contribution in [-0.4, -0.2) is 31.6 Å². The summed E-state index contributed by atoms with van der Waals surface area (Å²) in [5, 5.41) is 3.60. The first-order chi connectivity index (χ1) is 9.24. The molecule has 1 fully saturated rings. The first-order valence-electron chi connectivity index (χ1n) is 7.38. The van der Waals surface area contributed by atoms with E-state index in [1.165, 1.54) is 37.8 Å². The zero-order chi connectivity index (χ0) is 13.5. The van der Waals surface area contributed by atoms with Crippen molar-refractivity contribution in [3.63, 3.8) is 0 Å². The van der Waals surface area contributed by atoms with Crippen molar-refractivity contribution in [2.45, 2.75) is 32.2 Å². The number of rotatable bonds is 7. The lowest BCUT2D eigenvalue weighted by Gasteiger charge is -2.18. The molecule has 1 aliphatic carbocycles. The van der Waals surface area contributed by atoms with Gasteiger partial charge in [-0.1, -0.05) is 40.9 Å². The molecule has 0 radical (unpaired) electrons. The lowest BCUT2D eigenvalue weighted by Crippen LogP contribution is -2.31. The van der Waals surface area contributed by atoms with Crippen LogP contribution in [0.2, 0.25) is 0 Å². The zero-order valence-corrected chi connectivity index (χ0v) is 13.5. The molecule has 0 amide bonds. The van der Waals surface area contributed by atoms with E-state index < -0.39 is 0 Å². The number of likely N-dealkylation sites (N-methyl/N-ethyl adjacent to an activating group) is 1. The number of benzene rings is 1. The van der Waals surface area contributed by atoms with Crippen molar-refractivity contribution in [1.29, 1.82) is 0 Å². The minimum Gasteiger partial charge on any atom is -0.315 e. The van der Waals surface area contributed by atoms with Gasteiger partial charge in [-0.3, -0.25) is 0 Å². The van der Waals surface area contributed by atoms with Crippen molar-refractivity contribution >= 4 is 15.9 Å².